The fraction of sp³-hybridized carbons (Fsp3) is 0.417. The number of methoxy groups -OCH3 is 1. The van der Waals surface area contributed by atoms with Gasteiger partial charge in [-0.1, -0.05) is 5.16 Å². The molecule has 2 rings (SSSR count). The van der Waals surface area contributed by atoms with Gasteiger partial charge in [-0.3, -0.25) is 0 Å². The molecule has 0 saturated heterocycles. The van der Waals surface area contributed by atoms with Crippen LogP contribution in [0.3, 0.4) is 0 Å². The van der Waals surface area contributed by atoms with Crippen LogP contribution in [-0.4, -0.2) is 39.7 Å². The second-order valence-corrected chi connectivity index (χ2v) is 4.12. The second kappa shape index (κ2) is 6.09. The number of anilines is 1. The Morgan fingerprint density at radius 1 is 1.35 bits per heavy atom. The molecule has 8 heteroatoms. The van der Waals surface area contributed by atoms with Gasteiger partial charge < -0.3 is 14.6 Å². The number of hydrogen-bond donors (Lipinski definition) is 1. The minimum Gasteiger partial charge on any atom is -0.463 e. The summed E-state index contributed by atoms with van der Waals surface area (Å²) in [4.78, 5) is 23.6. The van der Waals surface area contributed by atoms with Crippen molar-refractivity contribution < 1.29 is 14.1 Å². The van der Waals surface area contributed by atoms with Crippen LogP contribution in [-0.2, 0) is 11.2 Å². The summed E-state index contributed by atoms with van der Waals surface area (Å²) in [6, 6.07) is 1.74. The van der Waals surface area contributed by atoms with E-state index in [0.29, 0.717) is 36.2 Å². The molecule has 2 aromatic heterocycles. The molecule has 2 aromatic rings. The summed E-state index contributed by atoms with van der Waals surface area (Å²) in [6.07, 6.45) is 0.567. The van der Waals surface area contributed by atoms with Crippen molar-refractivity contribution in [2.75, 3.05) is 19.0 Å². The fourth-order valence-electron chi connectivity index (χ4n) is 1.58. The Morgan fingerprint density at radius 3 is 2.80 bits per heavy atom. The Hall–Kier alpha value is -2.51. The number of carbonyl (C=O) groups is 1. The van der Waals surface area contributed by atoms with E-state index in [9.17, 15) is 4.79 Å². The van der Waals surface area contributed by atoms with Crippen LogP contribution in [0.2, 0.25) is 0 Å². The third-order valence-corrected chi connectivity index (χ3v) is 2.44. The molecule has 0 spiro atoms. The van der Waals surface area contributed by atoms with Gasteiger partial charge in [0.05, 0.1) is 7.11 Å². The van der Waals surface area contributed by atoms with E-state index in [-0.39, 0.29) is 5.82 Å². The fourth-order valence-corrected chi connectivity index (χ4v) is 1.58. The third kappa shape index (κ3) is 3.50. The van der Waals surface area contributed by atoms with Crippen LogP contribution in [0.4, 0.5) is 5.82 Å². The zero-order valence-corrected chi connectivity index (χ0v) is 11.5. The summed E-state index contributed by atoms with van der Waals surface area (Å²) in [7, 11) is 1.29. The van der Waals surface area contributed by atoms with Gasteiger partial charge in [-0.15, -0.1) is 0 Å². The van der Waals surface area contributed by atoms with E-state index in [2.05, 4.69) is 30.2 Å². The van der Waals surface area contributed by atoms with Gasteiger partial charge in [-0.2, -0.15) is 4.98 Å². The summed E-state index contributed by atoms with van der Waals surface area (Å²) in [5.74, 6) is 1.17. The van der Waals surface area contributed by atoms with Gasteiger partial charge in [-0.05, 0) is 13.8 Å². The van der Waals surface area contributed by atoms with E-state index in [0.717, 1.165) is 0 Å². The Bertz CT molecular complexity index is 611. The highest BCUT2D eigenvalue weighted by molar-refractivity contribution is 5.85. The third-order valence-electron chi connectivity index (χ3n) is 2.44. The summed E-state index contributed by atoms with van der Waals surface area (Å²) in [5.41, 5.74) is 0.677. The smallest absolute Gasteiger partial charge is 0.376 e. The molecule has 0 fully saturated rings. The van der Waals surface area contributed by atoms with Crippen molar-refractivity contribution in [2.45, 2.75) is 20.3 Å². The van der Waals surface area contributed by atoms with E-state index >= 15 is 0 Å². The molecule has 0 aromatic carbocycles. The predicted octanol–water partition coefficient (Wildman–Crippen LogP) is 0.918. The molecular weight excluding hydrogens is 262 g/mol. The number of aryl methyl sites for hydroxylation is 2. The summed E-state index contributed by atoms with van der Waals surface area (Å²) in [5, 5.41) is 6.78. The van der Waals surface area contributed by atoms with Crippen molar-refractivity contribution >= 4 is 11.8 Å². The average molecular weight is 277 g/mol. The number of rotatable bonds is 5. The first-order valence-electron chi connectivity index (χ1n) is 6.05. The molecule has 0 aliphatic heterocycles. The highest BCUT2D eigenvalue weighted by Gasteiger charge is 2.11. The molecule has 106 valence electrons. The molecule has 1 N–H and O–H groups in total. The molecule has 8 nitrogen and oxygen atoms in total. The first kappa shape index (κ1) is 13.9. The SMILES string of the molecule is COC(=O)c1nc(C)cc(NCCc2nc(C)no2)n1. The van der Waals surface area contributed by atoms with Gasteiger partial charge in [-0.25, -0.2) is 14.8 Å². The molecule has 0 amide bonds. The minimum atomic E-state index is -0.565. The van der Waals surface area contributed by atoms with Crippen LogP contribution in [0.25, 0.3) is 0 Å². The zero-order chi connectivity index (χ0) is 14.5. The van der Waals surface area contributed by atoms with E-state index in [1.165, 1.54) is 7.11 Å². The second-order valence-electron chi connectivity index (χ2n) is 4.12. The number of aromatic nitrogens is 4. The van der Waals surface area contributed by atoms with Crippen molar-refractivity contribution in [3.8, 4) is 0 Å². The van der Waals surface area contributed by atoms with Crippen LogP contribution in [0, 0.1) is 13.8 Å². The monoisotopic (exact) mass is 277 g/mol. The maximum absolute atomic E-state index is 11.4. The quantitative estimate of drug-likeness (QED) is 0.804. The number of nitrogens with zero attached hydrogens (tertiary/aromatic N) is 4. The summed E-state index contributed by atoms with van der Waals surface area (Å²) < 4.78 is 9.60. The van der Waals surface area contributed by atoms with Crippen LogP contribution in [0.1, 0.15) is 28.0 Å². The van der Waals surface area contributed by atoms with Gasteiger partial charge >= 0.3 is 5.97 Å². The highest BCUT2D eigenvalue weighted by Crippen LogP contribution is 2.07. The van der Waals surface area contributed by atoms with E-state index < -0.39 is 5.97 Å². The lowest BCUT2D eigenvalue weighted by atomic mass is 10.3. The average Bonchev–Trinajstić information content (AvgIpc) is 2.83. The lowest BCUT2D eigenvalue weighted by Gasteiger charge is -2.06. The number of hydrogen-bond acceptors (Lipinski definition) is 8. The summed E-state index contributed by atoms with van der Waals surface area (Å²) >= 11 is 0. The van der Waals surface area contributed by atoms with Crippen LogP contribution in [0.5, 0.6) is 0 Å². The predicted molar refractivity (Wildman–Crippen MR) is 69.3 cm³/mol. The van der Waals surface area contributed by atoms with Crippen molar-refractivity contribution in [1.29, 1.82) is 0 Å². The minimum absolute atomic E-state index is 0.0311. The molecule has 0 aliphatic rings. The van der Waals surface area contributed by atoms with Gasteiger partial charge in [0.1, 0.15) is 5.82 Å². The van der Waals surface area contributed by atoms with Crippen LogP contribution >= 0.6 is 0 Å². The van der Waals surface area contributed by atoms with Gasteiger partial charge in [0, 0.05) is 24.7 Å². The molecule has 20 heavy (non-hydrogen) atoms. The van der Waals surface area contributed by atoms with Gasteiger partial charge in [0.25, 0.3) is 0 Å². The Morgan fingerprint density at radius 2 is 2.15 bits per heavy atom. The molecule has 0 unspecified atom stereocenters. The first-order chi connectivity index (χ1) is 9.58. The van der Waals surface area contributed by atoms with Crippen LogP contribution in [0.15, 0.2) is 10.6 Å². The van der Waals surface area contributed by atoms with Crippen molar-refractivity contribution in [3.63, 3.8) is 0 Å². The lowest BCUT2D eigenvalue weighted by molar-refractivity contribution is 0.0586. The Kier molecular flexibility index (Phi) is 4.24. The maximum Gasteiger partial charge on any atom is 0.376 e. The molecule has 0 aliphatic carbocycles. The molecular formula is C12H15N5O3. The lowest BCUT2D eigenvalue weighted by Crippen LogP contribution is -2.12. The topological polar surface area (TPSA) is 103 Å². The Balaban J connectivity index is 1.98. The number of esters is 1. The first-order valence-corrected chi connectivity index (χ1v) is 6.05. The van der Waals surface area contributed by atoms with Crippen LogP contribution < -0.4 is 5.32 Å². The van der Waals surface area contributed by atoms with Crippen molar-refractivity contribution in [2.24, 2.45) is 0 Å². The molecule has 0 atom stereocenters. The summed E-state index contributed by atoms with van der Waals surface area (Å²) in [6.45, 7) is 4.09. The maximum atomic E-state index is 11.4. The molecule has 0 bridgehead atoms. The number of carbonyl (C=O) groups excluding carboxylic acids is 1. The molecule has 0 radical (unpaired) electrons. The van der Waals surface area contributed by atoms with E-state index in [1.54, 1.807) is 19.9 Å². The highest BCUT2D eigenvalue weighted by atomic mass is 16.5. The number of nitrogens with one attached hydrogen (secondary N) is 1. The van der Waals surface area contributed by atoms with Gasteiger partial charge in [0.15, 0.2) is 5.82 Å². The normalized spacial score (nSPS) is 10.3. The van der Waals surface area contributed by atoms with Crippen molar-refractivity contribution in [1.82, 2.24) is 20.1 Å². The van der Waals surface area contributed by atoms with Crippen molar-refractivity contribution in [3.05, 3.63) is 29.3 Å². The Labute approximate surface area is 115 Å². The van der Waals surface area contributed by atoms with E-state index in [4.69, 9.17) is 4.52 Å². The zero-order valence-electron chi connectivity index (χ0n) is 11.5. The molecule has 0 saturated carbocycles. The van der Waals surface area contributed by atoms with Gasteiger partial charge in [0.2, 0.25) is 11.7 Å². The number of ether oxygens (including phenoxy) is 1. The largest absolute Gasteiger partial charge is 0.463 e. The van der Waals surface area contributed by atoms with E-state index in [1.807, 2.05) is 0 Å². The standard InChI is InChI=1S/C12H15N5O3/c1-7-6-9(16-11(14-7)12(18)19-3)13-5-4-10-15-8(2)17-20-10/h6H,4-5H2,1-3H3,(H,13,14,16). The molecule has 2 heterocycles.